The Morgan fingerprint density at radius 1 is 1.50 bits per heavy atom. The number of nitrogens with zero attached hydrogens (tertiary/aromatic N) is 2. The predicted molar refractivity (Wildman–Crippen MR) is 43.1 cm³/mol. The van der Waals surface area contributed by atoms with Crippen molar-refractivity contribution in [1.82, 2.24) is 9.59 Å². The Morgan fingerprint density at radius 2 is 2.40 bits per heavy atom. The Hall–Kier alpha value is -0.440. The molecule has 0 aromatic carbocycles. The minimum atomic E-state index is 1.10. The Morgan fingerprint density at radius 3 is 3.00 bits per heavy atom. The maximum absolute atomic E-state index is 3.96. The van der Waals surface area contributed by atoms with Crippen molar-refractivity contribution in [2.75, 3.05) is 0 Å². The normalized spacial score (nSPS) is 10.1. The monoisotopic (exact) mass is 156 g/mol. The van der Waals surface area contributed by atoms with Gasteiger partial charge >= 0.3 is 0 Å². The molecule has 1 rings (SSSR count). The molecule has 10 heavy (non-hydrogen) atoms. The van der Waals surface area contributed by atoms with E-state index in [9.17, 15) is 0 Å². The summed E-state index contributed by atoms with van der Waals surface area (Å²) in [6.45, 7) is 2.21. The number of aromatic nitrogens is 2. The third-order valence-electron chi connectivity index (χ3n) is 1.44. The van der Waals surface area contributed by atoms with Gasteiger partial charge in [0.2, 0.25) is 0 Å². The van der Waals surface area contributed by atoms with Crippen molar-refractivity contribution in [1.29, 1.82) is 0 Å². The first kappa shape index (κ1) is 7.66. The first-order valence-electron chi connectivity index (χ1n) is 3.69. The van der Waals surface area contributed by atoms with Gasteiger partial charge in [-0.25, -0.2) is 0 Å². The quantitative estimate of drug-likeness (QED) is 0.625. The Labute approximate surface area is 65.4 Å². The van der Waals surface area contributed by atoms with E-state index in [1.54, 1.807) is 0 Å². The average molecular weight is 156 g/mol. The lowest BCUT2D eigenvalue weighted by molar-refractivity contribution is 0.705. The molecule has 1 aromatic rings. The van der Waals surface area contributed by atoms with E-state index in [1.807, 2.05) is 5.38 Å². The number of rotatable bonds is 4. The van der Waals surface area contributed by atoms with E-state index in [0.29, 0.717) is 0 Å². The number of hydrogen-bond acceptors (Lipinski definition) is 3. The van der Waals surface area contributed by atoms with Crippen LogP contribution in [0.4, 0.5) is 0 Å². The Bertz CT molecular complexity index is 160. The zero-order valence-electron chi connectivity index (χ0n) is 6.21. The van der Waals surface area contributed by atoms with Gasteiger partial charge in [0.1, 0.15) is 0 Å². The van der Waals surface area contributed by atoms with Crippen molar-refractivity contribution in [2.24, 2.45) is 0 Å². The number of unbranched alkanes of at least 4 members (excludes halogenated alkanes) is 2. The summed E-state index contributed by atoms with van der Waals surface area (Å²) in [7, 11) is 0. The van der Waals surface area contributed by atoms with E-state index < -0.39 is 0 Å². The van der Waals surface area contributed by atoms with Crippen LogP contribution in [0.3, 0.4) is 0 Å². The van der Waals surface area contributed by atoms with Crippen molar-refractivity contribution in [3.8, 4) is 0 Å². The highest BCUT2D eigenvalue weighted by Gasteiger charge is 1.93. The fraction of sp³-hybridized carbons (Fsp3) is 0.714. The van der Waals surface area contributed by atoms with Crippen molar-refractivity contribution in [3.63, 3.8) is 0 Å². The van der Waals surface area contributed by atoms with Crippen molar-refractivity contribution in [3.05, 3.63) is 11.1 Å². The van der Waals surface area contributed by atoms with Crippen LogP contribution in [0.5, 0.6) is 0 Å². The Balaban J connectivity index is 2.15. The summed E-state index contributed by atoms with van der Waals surface area (Å²) < 4.78 is 3.79. The highest BCUT2D eigenvalue weighted by atomic mass is 32.1. The van der Waals surface area contributed by atoms with Gasteiger partial charge in [0.15, 0.2) is 0 Å². The van der Waals surface area contributed by atoms with Crippen LogP contribution < -0.4 is 0 Å². The molecule has 1 heterocycles. The van der Waals surface area contributed by atoms with E-state index in [2.05, 4.69) is 16.5 Å². The summed E-state index contributed by atoms with van der Waals surface area (Å²) in [5, 5.41) is 5.98. The summed E-state index contributed by atoms with van der Waals surface area (Å²) in [6, 6.07) is 0. The molecule has 2 nitrogen and oxygen atoms in total. The molecule has 0 bridgehead atoms. The molecular weight excluding hydrogens is 144 g/mol. The van der Waals surface area contributed by atoms with Gasteiger partial charge in [-0.1, -0.05) is 24.3 Å². The van der Waals surface area contributed by atoms with Gasteiger partial charge < -0.3 is 0 Å². The van der Waals surface area contributed by atoms with Crippen LogP contribution in [0, 0.1) is 0 Å². The maximum atomic E-state index is 3.96. The second-order valence-electron chi connectivity index (χ2n) is 2.35. The lowest BCUT2D eigenvalue weighted by Gasteiger charge is -1.91. The van der Waals surface area contributed by atoms with Crippen LogP contribution in [0.25, 0.3) is 0 Å². The molecule has 0 amide bonds. The third kappa shape index (κ3) is 2.43. The summed E-state index contributed by atoms with van der Waals surface area (Å²) in [6.07, 6.45) is 4.93. The van der Waals surface area contributed by atoms with Gasteiger partial charge in [0.25, 0.3) is 0 Å². The topological polar surface area (TPSA) is 25.8 Å². The molecular formula is C7H12N2S. The van der Waals surface area contributed by atoms with E-state index in [-0.39, 0.29) is 0 Å². The molecule has 0 fully saturated rings. The zero-order chi connectivity index (χ0) is 7.23. The summed E-state index contributed by atoms with van der Waals surface area (Å²) in [5.41, 5.74) is 1.15. The lowest BCUT2D eigenvalue weighted by atomic mass is 10.2. The van der Waals surface area contributed by atoms with Gasteiger partial charge in [0, 0.05) is 5.38 Å². The molecule has 0 aliphatic carbocycles. The minimum Gasteiger partial charge on any atom is -0.143 e. The van der Waals surface area contributed by atoms with Crippen LogP contribution in [0.2, 0.25) is 0 Å². The van der Waals surface area contributed by atoms with Crippen LogP contribution in [-0.4, -0.2) is 9.59 Å². The molecule has 0 N–H and O–H groups in total. The molecule has 0 aliphatic rings. The predicted octanol–water partition coefficient (Wildman–Crippen LogP) is 2.27. The molecule has 1 aromatic heterocycles. The number of aryl methyl sites for hydroxylation is 1. The fourth-order valence-electron chi connectivity index (χ4n) is 0.849. The van der Waals surface area contributed by atoms with Crippen molar-refractivity contribution >= 4 is 11.5 Å². The Kier molecular flexibility index (Phi) is 3.36. The maximum Gasteiger partial charge on any atom is 0.0755 e. The first-order valence-corrected chi connectivity index (χ1v) is 4.53. The van der Waals surface area contributed by atoms with Crippen LogP contribution in [-0.2, 0) is 6.42 Å². The van der Waals surface area contributed by atoms with Crippen molar-refractivity contribution < 1.29 is 0 Å². The second kappa shape index (κ2) is 4.39. The molecule has 0 radical (unpaired) electrons. The van der Waals surface area contributed by atoms with Crippen molar-refractivity contribution in [2.45, 2.75) is 32.6 Å². The van der Waals surface area contributed by atoms with Crippen LogP contribution in [0.15, 0.2) is 5.38 Å². The molecule has 0 unspecified atom stereocenters. The third-order valence-corrected chi connectivity index (χ3v) is 2.00. The molecule has 0 spiro atoms. The van der Waals surface area contributed by atoms with Gasteiger partial charge in [-0.3, -0.25) is 0 Å². The van der Waals surface area contributed by atoms with Gasteiger partial charge in [0.05, 0.1) is 5.69 Å². The van der Waals surface area contributed by atoms with Gasteiger partial charge in [-0.15, -0.1) is 5.10 Å². The first-order chi connectivity index (χ1) is 4.93. The molecule has 0 saturated carbocycles. The zero-order valence-corrected chi connectivity index (χ0v) is 7.02. The summed E-state index contributed by atoms with van der Waals surface area (Å²) >= 11 is 1.44. The summed E-state index contributed by atoms with van der Waals surface area (Å²) in [4.78, 5) is 0. The lowest BCUT2D eigenvalue weighted by Crippen LogP contribution is -1.84. The van der Waals surface area contributed by atoms with Crippen LogP contribution in [0.1, 0.15) is 31.9 Å². The highest BCUT2D eigenvalue weighted by molar-refractivity contribution is 7.03. The minimum absolute atomic E-state index is 1.10. The van der Waals surface area contributed by atoms with E-state index in [0.717, 1.165) is 12.1 Å². The van der Waals surface area contributed by atoms with Crippen LogP contribution >= 0.6 is 11.5 Å². The smallest absolute Gasteiger partial charge is 0.0755 e. The molecule has 0 saturated heterocycles. The molecule has 0 atom stereocenters. The van der Waals surface area contributed by atoms with Gasteiger partial charge in [-0.2, -0.15) is 0 Å². The fourth-order valence-corrected chi connectivity index (χ4v) is 1.33. The molecule has 56 valence electrons. The molecule has 0 aliphatic heterocycles. The second-order valence-corrected chi connectivity index (χ2v) is 2.96. The number of hydrogen-bond donors (Lipinski definition) is 0. The van der Waals surface area contributed by atoms with E-state index in [4.69, 9.17) is 0 Å². The SMILES string of the molecule is CCCCCc1csnn1. The summed E-state index contributed by atoms with van der Waals surface area (Å²) in [5.74, 6) is 0. The van der Waals surface area contributed by atoms with E-state index >= 15 is 0 Å². The standard InChI is InChI=1S/C7H12N2S/c1-2-3-4-5-7-6-10-9-8-7/h6H,2-5H2,1H3. The highest BCUT2D eigenvalue weighted by Crippen LogP contribution is 2.04. The van der Waals surface area contributed by atoms with E-state index in [1.165, 1.54) is 30.8 Å². The molecule has 3 heteroatoms. The van der Waals surface area contributed by atoms with Gasteiger partial charge in [-0.05, 0) is 24.4 Å². The largest absolute Gasteiger partial charge is 0.143 e. The average Bonchev–Trinajstić information content (AvgIpc) is 2.41.